The van der Waals surface area contributed by atoms with E-state index >= 15 is 0 Å². The lowest BCUT2D eigenvalue weighted by atomic mass is 10.1. The Morgan fingerprint density at radius 3 is 1.28 bits per heavy atom. The van der Waals surface area contributed by atoms with E-state index in [4.69, 9.17) is 0 Å². The van der Waals surface area contributed by atoms with E-state index in [1.54, 1.807) is 0 Å². The summed E-state index contributed by atoms with van der Waals surface area (Å²) in [5, 5.41) is 2.62. The second kappa shape index (κ2) is 10.8. The molecule has 0 saturated carbocycles. The maximum Gasteiger partial charge on any atom is -0.0184 e. The fourth-order valence-electron chi connectivity index (χ4n) is 1.71. The average Bonchev–Trinajstić information content (AvgIpc) is 2.42. The molecule has 0 unspecified atom stereocenters. The van der Waals surface area contributed by atoms with Crippen LogP contribution in [0.1, 0.15) is 47.5 Å². The molecule has 2 aromatic carbocycles. The summed E-state index contributed by atoms with van der Waals surface area (Å²) in [7, 11) is 0. The summed E-state index contributed by atoms with van der Waals surface area (Å²) in [6.07, 6.45) is 2.71. The van der Waals surface area contributed by atoms with E-state index in [2.05, 4.69) is 69.3 Å². The van der Waals surface area contributed by atoms with Crippen LogP contribution in [-0.2, 0) is 0 Å². The van der Waals surface area contributed by atoms with Gasteiger partial charge in [0.2, 0.25) is 0 Å². The van der Waals surface area contributed by atoms with Crippen molar-refractivity contribution in [3.63, 3.8) is 0 Å². The van der Waals surface area contributed by atoms with Crippen LogP contribution in [0.3, 0.4) is 0 Å². The molecule has 0 fully saturated rings. The average molecular weight is 244 g/mol. The van der Waals surface area contributed by atoms with Gasteiger partial charge in [-0.3, -0.25) is 0 Å². The predicted octanol–water partition coefficient (Wildman–Crippen LogP) is 6.31. The monoisotopic (exact) mass is 244 g/mol. The molecule has 0 aliphatic rings. The fraction of sp³-hybridized carbons (Fsp3) is 0.444. The topological polar surface area (TPSA) is 0 Å². The van der Waals surface area contributed by atoms with Crippen LogP contribution in [-0.4, -0.2) is 0 Å². The summed E-state index contributed by atoms with van der Waals surface area (Å²) in [5.74, 6) is 0.898. The van der Waals surface area contributed by atoms with Crippen molar-refractivity contribution in [2.45, 2.75) is 47.5 Å². The minimum absolute atomic E-state index is 0.898. The smallest absolute Gasteiger partial charge is 0.0184 e. The van der Waals surface area contributed by atoms with Crippen LogP contribution in [0, 0.1) is 5.92 Å². The van der Waals surface area contributed by atoms with E-state index < -0.39 is 0 Å². The first-order valence-corrected chi connectivity index (χ1v) is 7.17. The summed E-state index contributed by atoms with van der Waals surface area (Å²) in [4.78, 5) is 0. The van der Waals surface area contributed by atoms with Crippen LogP contribution >= 0.6 is 0 Å². The first-order chi connectivity index (χ1) is 8.74. The Hall–Kier alpha value is -1.30. The molecule has 0 radical (unpaired) electrons. The van der Waals surface area contributed by atoms with Crippen molar-refractivity contribution in [2.24, 2.45) is 5.92 Å². The van der Waals surface area contributed by atoms with E-state index in [-0.39, 0.29) is 0 Å². The highest BCUT2D eigenvalue weighted by Crippen LogP contribution is 2.11. The lowest BCUT2D eigenvalue weighted by Crippen LogP contribution is -1.81. The Bertz CT molecular complexity index is 336. The molecule has 100 valence electrons. The lowest BCUT2D eigenvalue weighted by Gasteiger charge is -1.95. The lowest BCUT2D eigenvalue weighted by molar-refractivity contribution is 0.576. The maximum atomic E-state index is 2.25. The molecule has 0 amide bonds. The Balaban J connectivity index is 0.000000315. The van der Waals surface area contributed by atoms with Crippen molar-refractivity contribution >= 4 is 10.8 Å². The van der Waals surface area contributed by atoms with Crippen molar-refractivity contribution in [2.75, 3.05) is 0 Å². The number of hydrogen-bond acceptors (Lipinski definition) is 0. The summed E-state index contributed by atoms with van der Waals surface area (Å²) in [5.41, 5.74) is 0. The summed E-state index contributed by atoms with van der Waals surface area (Å²) >= 11 is 0. The molecule has 0 bridgehead atoms. The molecule has 0 saturated heterocycles. The van der Waals surface area contributed by atoms with Gasteiger partial charge in [0.15, 0.2) is 0 Å². The van der Waals surface area contributed by atoms with Crippen molar-refractivity contribution in [3.8, 4) is 0 Å². The highest BCUT2D eigenvalue weighted by Gasteiger charge is 1.86. The molecule has 0 aromatic heterocycles. The van der Waals surface area contributed by atoms with Crippen molar-refractivity contribution < 1.29 is 0 Å². The Kier molecular flexibility index (Phi) is 10.0. The molecule has 2 aromatic rings. The molecule has 0 aliphatic heterocycles. The molecular formula is C18H28. The van der Waals surface area contributed by atoms with E-state index in [9.17, 15) is 0 Å². The minimum Gasteiger partial charge on any atom is -0.0683 e. The van der Waals surface area contributed by atoms with Gasteiger partial charge in [0.05, 0.1) is 0 Å². The molecule has 0 heterocycles. The summed E-state index contributed by atoms with van der Waals surface area (Å²) in [6, 6.07) is 16.7. The molecule has 0 atom stereocenters. The standard InChI is InChI=1S/C10H8.C6H14.C2H6/c1-2-6-10-8-4-3-7-9(10)5-1;1-4-5-6(2)3;1-2/h1-8H;6H,4-5H2,1-3H3;1-2H3. The van der Waals surface area contributed by atoms with Crippen LogP contribution in [0.4, 0.5) is 0 Å². The van der Waals surface area contributed by atoms with Crippen LogP contribution in [0.15, 0.2) is 48.5 Å². The Labute approximate surface area is 113 Å². The van der Waals surface area contributed by atoms with E-state index in [1.807, 2.05) is 13.8 Å². The molecule has 0 spiro atoms. The zero-order valence-electron chi connectivity index (χ0n) is 12.6. The van der Waals surface area contributed by atoms with Crippen LogP contribution in [0.2, 0.25) is 0 Å². The SMILES string of the molecule is CC.CCCC(C)C.c1ccc2ccccc2c1. The zero-order chi connectivity index (χ0) is 13.8. The quantitative estimate of drug-likeness (QED) is 0.581. The third kappa shape index (κ3) is 7.11. The molecule has 0 N–H and O–H groups in total. The van der Waals surface area contributed by atoms with E-state index in [0.717, 1.165) is 5.92 Å². The Morgan fingerprint density at radius 2 is 1.11 bits per heavy atom. The first kappa shape index (κ1) is 16.7. The molecule has 18 heavy (non-hydrogen) atoms. The first-order valence-electron chi connectivity index (χ1n) is 7.17. The largest absolute Gasteiger partial charge is 0.0683 e. The highest BCUT2D eigenvalue weighted by molar-refractivity contribution is 5.81. The van der Waals surface area contributed by atoms with Crippen molar-refractivity contribution in [1.29, 1.82) is 0 Å². The third-order valence-corrected chi connectivity index (χ3v) is 2.52. The number of benzene rings is 2. The molecule has 0 heteroatoms. The summed E-state index contributed by atoms with van der Waals surface area (Å²) in [6.45, 7) is 10.7. The van der Waals surface area contributed by atoms with E-state index in [0.29, 0.717) is 0 Å². The van der Waals surface area contributed by atoms with Gasteiger partial charge < -0.3 is 0 Å². The third-order valence-electron chi connectivity index (χ3n) is 2.52. The minimum atomic E-state index is 0.898. The molecular weight excluding hydrogens is 216 g/mol. The summed E-state index contributed by atoms with van der Waals surface area (Å²) < 4.78 is 0. The van der Waals surface area contributed by atoms with Gasteiger partial charge in [-0.1, -0.05) is 96.0 Å². The van der Waals surface area contributed by atoms with Gasteiger partial charge in [-0.05, 0) is 16.7 Å². The van der Waals surface area contributed by atoms with Gasteiger partial charge in [-0.25, -0.2) is 0 Å². The van der Waals surface area contributed by atoms with Crippen LogP contribution in [0.5, 0.6) is 0 Å². The van der Waals surface area contributed by atoms with Gasteiger partial charge >= 0.3 is 0 Å². The molecule has 0 nitrogen and oxygen atoms in total. The van der Waals surface area contributed by atoms with Gasteiger partial charge in [-0.2, -0.15) is 0 Å². The maximum absolute atomic E-state index is 2.25. The number of hydrogen-bond donors (Lipinski definition) is 0. The molecule has 2 rings (SSSR count). The van der Waals surface area contributed by atoms with Crippen LogP contribution in [0.25, 0.3) is 10.8 Å². The van der Waals surface area contributed by atoms with Gasteiger partial charge in [0, 0.05) is 0 Å². The zero-order valence-corrected chi connectivity index (χ0v) is 12.6. The number of fused-ring (bicyclic) bond motifs is 1. The predicted molar refractivity (Wildman–Crippen MR) is 85.0 cm³/mol. The van der Waals surface area contributed by atoms with Gasteiger partial charge in [0.25, 0.3) is 0 Å². The number of rotatable bonds is 2. The second-order valence-electron chi connectivity index (χ2n) is 4.53. The normalized spacial score (nSPS) is 9.22. The van der Waals surface area contributed by atoms with Crippen molar-refractivity contribution in [3.05, 3.63) is 48.5 Å². The fourth-order valence-corrected chi connectivity index (χ4v) is 1.71. The Morgan fingerprint density at radius 1 is 0.778 bits per heavy atom. The van der Waals surface area contributed by atoms with Gasteiger partial charge in [-0.15, -0.1) is 0 Å². The van der Waals surface area contributed by atoms with E-state index in [1.165, 1.54) is 23.6 Å². The van der Waals surface area contributed by atoms with Crippen LogP contribution < -0.4 is 0 Å². The second-order valence-corrected chi connectivity index (χ2v) is 4.53. The molecule has 0 aliphatic carbocycles. The highest BCUT2D eigenvalue weighted by atomic mass is 13.9. The van der Waals surface area contributed by atoms with Gasteiger partial charge in [0.1, 0.15) is 0 Å². The van der Waals surface area contributed by atoms with Crippen molar-refractivity contribution in [1.82, 2.24) is 0 Å².